The van der Waals surface area contributed by atoms with Crippen molar-refractivity contribution < 1.29 is 23.5 Å². The zero-order valence-electron chi connectivity index (χ0n) is 14.7. The van der Waals surface area contributed by atoms with Crippen molar-refractivity contribution in [3.63, 3.8) is 0 Å². The molecule has 0 aliphatic rings. The molecule has 0 fully saturated rings. The Morgan fingerprint density at radius 1 is 0.750 bits per heavy atom. The van der Waals surface area contributed by atoms with E-state index in [2.05, 4.69) is 10.9 Å². The van der Waals surface area contributed by atoms with Gasteiger partial charge in [0.05, 0.1) is 0 Å². The normalized spacial score (nSPS) is 10.0. The molecule has 0 aromatic heterocycles. The van der Waals surface area contributed by atoms with Crippen molar-refractivity contribution in [1.29, 1.82) is 0 Å². The first-order valence-corrected chi connectivity index (χ1v) is 8.41. The molecule has 2 N–H and O–H groups in total. The molecule has 0 saturated carbocycles. The lowest BCUT2D eigenvalue weighted by Crippen LogP contribution is -2.43. The summed E-state index contributed by atoms with van der Waals surface area (Å²) in [4.78, 5) is 23.8. The van der Waals surface area contributed by atoms with Gasteiger partial charge in [0.25, 0.3) is 11.8 Å². The van der Waals surface area contributed by atoms with Gasteiger partial charge in [-0.15, -0.1) is 0 Å². The Morgan fingerprint density at radius 3 is 2.04 bits per heavy atom. The monoisotopic (exact) mass is 380 g/mol. The highest BCUT2D eigenvalue weighted by atomic mass is 19.1. The maximum absolute atomic E-state index is 12.8. The van der Waals surface area contributed by atoms with E-state index in [1.807, 2.05) is 30.3 Å². The maximum atomic E-state index is 12.8. The van der Waals surface area contributed by atoms with Crippen LogP contribution in [0.1, 0.15) is 10.4 Å². The second kappa shape index (κ2) is 9.18. The number of nitrogens with one attached hydrogen (secondary N) is 2. The molecule has 0 unspecified atom stereocenters. The average molecular weight is 380 g/mol. The van der Waals surface area contributed by atoms with Gasteiger partial charge < -0.3 is 9.47 Å². The van der Waals surface area contributed by atoms with Crippen LogP contribution >= 0.6 is 0 Å². The second-order valence-electron chi connectivity index (χ2n) is 5.68. The van der Waals surface area contributed by atoms with Crippen molar-refractivity contribution in [3.8, 4) is 17.2 Å². The third-order valence-electron chi connectivity index (χ3n) is 3.59. The van der Waals surface area contributed by atoms with Crippen LogP contribution in [0.25, 0.3) is 0 Å². The maximum Gasteiger partial charge on any atom is 0.276 e. The van der Waals surface area contributed by atoms with E-state index in [1.54, 1.807) is 24.3 Å². The van der Waals surface area contributed by atoms with Gasteiger partial charge in [-0.1, -0.05) is 18.2 Å². The van der Waals surface area contributed by atoms with Crippen LogP contribution in [0.2, 0.25) is 0 Å². The van der Waals surface area contributed by atoms with E-state index in [4.69, 9.17) is 9.47 Å². The SMILES string of the molecule is O=C(COc1ccc(F)cc1)NNC(=O)c1ccc(Oc2ccccc2)cc1. The van der Waals surface area contributed by atoms with E-state index in [-0.39, 0.29) is 6.61 Å². The number of hydrogen-bond donors (Lipinski definition) is 2. The molecular weight excluding hydrogens is 363 g/mol. The highest BCUT2D eigenvalue weighted by molar-refractivity contribution is 5.95. The van der Waals surface area contributed by atoms with E-state index in [0.717, 1.165) is 0 Å². The Hall–Kier alpha value is -3.87. The minimum atomic E-state index is -0.554. The van der Waals surface area contributed by atoms with E-state index in [0.29, 0.717) is 22.8 Å². The molecule has 3 aromatic carbocycles. The number of benzene rings is 3. The van der Waals surface area contributed by atoms with Gasteiger partial charge in [-0.3, -0.25) is 20.4 Å². The smallest absolute Gasteiger partial charge is 0.276 e. The van der Waals surface area contributed by atoms with Gasteiger partial charge in [-0.25, -0.2) is 4.39 Å². The molecule has 28 heavy (non-hydrogen) atoms. The minimum absolute atomic E-state index is 0.324. The summed E-state index contributed by atoms with van der Waals surface area (Å²) >= 11 is 0. The van der Waals surface area contributed by atoms with Crippen molar-refractivity contribution >= 4 is 11.8 Å². The summed E-state index contributed by atoms with van der Waals surface area (Å²) in [5.74, 6) is 0.178. The molecule has 0 aliphatic carbocycles. The van der Waals surface area contributed by atoms with Crippen molar-refractivity contribution in [2.45, 2.75) is 0 Å². The molecule has 0 bridgehead atoms. The summed E-state index contributed by atoms with van der Waals surface area (Å²) in [6.07, 6.45) is 0. The number of para-hydroxylation sites is 1. The molecule has 3 aromatic rings. The van der Waals surface area contributed by atoms with Gasteiger partial charge >= 0.3 is 0 Å². The van der Waals surface area contributed by atoms with E-state index in [1.165, 1.54) is 24.3 Å². The third-order valence-corrected chi connectivity index (χ3v) is 3.59. The number of amides is 2. The van der Waals surface area contributed by atoms with Crippen LogP contribution in [0.3, 0.4) is 0 Å². The summed E-state index contributed by atoms with van der Waals surface area (Å²) in [6, 6.07) is 21.0. The van der Waals surface area contributed by atoms with Gasteiger partial charge in [0.15, 0.2) is 6.61 Å². The molecule has 142 valence electrons. The summed E-state index contributed by atoms with van der Waals surface area (Å²) < 4.78 is 23.6. The molecule has 6 nitrogen and oxygen atoms in total. The van der Waals surface area contributed by atoms with E-state index < -0.39 is 17.6 Å². The van der Waals surface area contributed by atoms with Gasteiger partial charge in [0.1, 0.15) is 23.1 Å². The number of carbonyl (C=O) groups excluding carboxylic acids is 2. The third kappa shape index (κ3) is 5.57. The minimum Gasteiger partial charge on any atom is -0.484 e. The largest absolute Gasteiger partial charge is 0.484 e. The van der Waals surface area contributed by atoms with E-state index in [9.17, 15) is 14.0 Å². The molecular formula is C21H17FN2O4. The highest BCUT2D eigenvalue weighted by Crippen LogP contribution is 2.21. The zero-order chi connectivity index (χ0) is 19.8. The molecule has 0 aliphatic heterocycles. The standard InChI is InChI=1S/C21H17FN2O4/c22-16-8-12-17(13-9-16)27-14-20(25)23-24-21(26)15-6-10-19(11-7-15)28-18-4-2-1-3-5-18/h1-13H,14H2,(H,23,25)(H,24,26). The Morgan fingerprint density at radius 2 is 1.36 bits per heavy atom. The number of hydrogen-bond acceptors (Lipinski definition) is 4. The fourth-order valence-electron chi connectivity index (χ4n) is 2.21. The van der Waals surface area contributed by atoms with Crippen LogP contribution in [0, 0.1) is 5.82 Å². The molecule has 0 spiro atoms. The number of carbonyl (C=O) groups is 2. The van der Waals surface area contributed by atoms with Gasteiger partial charge in [-0.2, -0.15) is 0 Å². The molecule has 0 heterocycles. The number of rotatable bonds is 6. The Balaban J connectivity index is 1.45. The first-order chi connectivity index (χ1) is 13.6. The summed E-state index contributed by atoms with van der Waals surface area (Å²) in [6.45, 7) is -0.324. The van der Waals surface area contributed by atoms with Gasteiger partial charge in [0.2, 0.25) is 0 Å². The zero-order valence-corrected chi connectivity index (χ0v) is 14.7. The Kier molecular flexibility index (Phi) is 6.20. The lowest BCUT2D eigenvalue weighted by molar-refractivity contribution is -0.123. The highest BCUT2D eigenvalue weighted by Gasteiger charge is 2.08. The molecule has 0 atom stereocenters. The summed E-state index contributed by atoms with van der Waals surface area (Å²) in [5, 5.41) is 0. The molecule has 0 radical (unpaired) electrons. The Labute approximate surface area is 160 Å². The first-order valence-electron chi connectivity index (χ1n) is 8.41. The van der Waals surface area contributed by atoms with Crippen molar-refractivity contribution in [2.24, 2.45) is 0 Å². The van der Waals surface area contributed by atoms with Crippen LogP contribution < -0.4 is 20.3 Å². The first kappa shape index (κ1) is 18.9. The topological polar surface area (TPSA) is 76.7 Å². The quantitative estimate of drug-likeness (QED) is 0.642. The summed E-state index contributed by atoms with van der Waals surface area (Å²) in [5.41, 5.74) is 4.89. The average Bonchev–Trinajstić information content (AvgIpc) is 2.73. The van der Waals surface area contributed by atoms with Crippen LogP contribution in [0.15, 0.2) is 78.9 Å². The molecule has 2 amide bonds. The number of halogens is 1. The van der Waals surface area contributed by atoms with Crippen molar-refractivity contribution in [1.82, 2.24) is 10.9 Å². The van der Waals surface area contributed by atoms with Crippen LogP contribution in [0.4, 0.5) is 4.39 Å². The van der Waals surface area contributed by atoms with Gasteiger partial charge in [0, 0.05) is 5.56 Å². The number of hydrazine groups is 1. The van der Waals surface area contributed by atoms with Crippen LogP contribution in [0.5, 0.6) is 17.2 Å². The molecule has 3 rings (SSSR count). The fourth-order valence-corrected chi connectivity index (χ4v) is 2.21. The lowest BCUT2D eigenvalue weighted by atomic mass is 10.2. The second-order valence-corrected chi connectivity index (χ2v) is 5.68. The van der Waals surface area contributed by atoms with Gasteiger partial charge in [-0.05, 0) is 60.7 Å². The predicted molar refractivity (Wildman–Crippen MR) is 100 cm³/mol. The number of ether oxygens (including phenoxy) is 2. The molecule has 0 saturated heterocycles. The van der Waals surface area contributed by atoms with Crippen molar-refractivity contribution in [2.75, 3.05) is 6.61 Å². The predicted octanol–water partition coefficient (Wildman–Crippen LogP) is 3.46. The van der Waals surface area contributed by atoms with E-state index >= 15 is 0 Å². The van der Waals surface area contributed by atoms with Crippen LogP contribution in [-0.2, 0) is 4.79 Å². The molecule has 7 heteroatoms. The Bertz CT molecular complexity index is 929. The summed E-state index contributed by atoms with van der Waals surface area (Å²) in [7, 11) is 0. The fraction of sp³-hybridized carbons (Fsp3) is 0.0476. The lowest BCUT2D eigenvalue weighted by Gasteiger charge is -2.09. The van der Waals surface area contributed by atoms with Crippen molar-refractivity contribution in [3.05, 3.63) is 90.2 Å². The van der Waals surface area contributed by atoms with Crippen LogP contribution in [-0.4, -0.2) is 18.4 Å².